The number of nitro benzene ring substituents is 1. The van der Waals surface area contributed by atoms with Crippen LogP contribution in [0.15, 0.2) is 34.2 Å². The molecule has 0 atom stereocenters. The summed E-state index contributed by atoms with van der Waals surface area (Å²) in [7, 11) is 0. The number of hydrogen-bond acceptors (Lipinski definition) is 11. The van der Waals surface area contributed by atoms with Crippen molar-refractivity contribution >= 4 is 29.0 Å². The second kappa shape index (κ2) is 11.9. The Morgan fingerprint density at radius 1 is 1.14 bits per heavy atom. The first kappa shape index (κ1) is 26.2. The van der Waals surface area contributed by atoms with Gasteiger partial charge in [-0.15, -0.1) is 11.3 Å². The molecule has 2 N–H and O–H groups in total. The SMILES string of the molecule is Cc1nc(-c2c(C(=O)NNC(=O)OCCN3CCN(Cc4ccc([N+](=O)[O-])cc4)CC3)noc2C)cs1. The maximum absolute atomic E-state index is 12.5. The van der Waals surface area contributed by atoms with Crippen LogP contribution in [0.2, 0.25) is 0 Å². The van der Waals surface area contributed by atoms with Gasteiger partial charge in [-0.05, 0) is 19.4 Å². The van der Waals surface area contributed by atoms with Crippen molar-refractivity contribution in [2.24, 2.45) is 0 Å². The van der Waals surface area contributed by atoms with E-state index in [0.717, 1.165) is 43.3 Å². The number of ether oxygens (including phenoxy) is 1. The average molecular weight is 530 g/mol. The van der Waals surface area contributed by atoms with Gasteiger partial charge in [0.05, 0.1) is 21.2 Å². The van der Waals surface area contributed by atoms with Crippen LogP contribution in [0, 0.1) is 24.0 Å². The zero-order valence-corrected chi connectivity index (χ0v) is 21.2. The smallest absolute Gasteiger partial charge is 0.426 e. The van der Waals surface area contributed by atoms with Gasteiger partial charge in [0.15, 0.2) is 5.69 Å². The number of carbonyl (C=O) groups excluding carboxylic acids is 2. The molecule has 196 valence electrons. The number of hydrogen-bond donors (Lipinski definition) is 2. The molecule has 4 rings (SSSR count). The summed E-state index contributed by atoms with van der Waals surface area (Å²) in [5, 5.41) is 17.2. The fraction of sp³-hybridized carbons (Fsp3) is 0.391. The van der Waals surface area contributed by atoms with Crippen molar-refractivity contribution in [3.05, 3.63) is 61.8 Å². The van der Waals surface area contributed by atoms with Crippen LogP contribution in [-0.4, -0.2) is 76.2 Å². The molecule has 0 aliphatic carbocycles. The molecule has 1 fully saturated rings. The Hall–Kier alpha value is -3.88. The quantitative estimate of drug-likeness (QED) is 0.328. The van der Waals surface area contributed by atoms with Crippen molar-refractivity contribution in [1.82, 2.24) is 30.8 Å². The molecule has 13 nitrogen and oxygen atoms in total. The van der Waals surface area contributed by atoms with Crippen LogP contribution >= 0.6 is 11.3 Å². The molecule has 0 unspecified atom stereocenters. The molecule has 1 aliphatic heterocycles. The van der Waals surface area contributed by atoms with Crippen LogP contribution in [0.3, 0.4) is 0 Å². The number of nitrogens with one attached hydrogen (secondary N) is 2. The number of benzene rings is 1. The van der Waals surface area contributed by atoms with Gasteiger partial charge in [-0.1, -0.05) is 17.3 Å². The maximum atomic E-state index is 12.5. The number of nitro groups is 1. The minimum Gasteiger partial charge on any atom is -0.447 e. The summed E-state index contributed by atoms with van der Waals surface area (Å²) in [5.41, 5.74) is 6.71. The lowest BCUT2D eigenvalue weighted by Crippen LogP contribution is -2.47. The highest BCUT2D eigenvalue weighted by Crippen LogP contribution is 2.28. The van der Waals surface area contributed by atoms with E-state index in [-0.39, 0.29) is 18.0 Å². The minimum absolute atomic E-state index is 0.0229. The molecule has 3 heterocycles. The van der Waals surface area contributed by atoms with Crippen LogP contribution in [0.4, 0.5) is 10.5 Å². The Bertz CT molecular complexity index is 1250. The number of hydrazine groups is 1. The number of thiazole rings is 1. The number of piperazine rings is 1. The summed E-state index contributed by atoms with van der Waals surface area (Å²) in [5.74, 6) is -0.190. The van der Waals surface area contributed by atoms with Crippen LogP contribution in [0.5, 0.6) is 0 Å². The topological polar surface area (TPSA) is 156 Å². The molecule has 3 aromatic rings. The predicted octanol–water partition coefficient (Wildman–Crippen LogP) is 2.51. The Morgan fingerprint density at radius 2 is 1.84 bits per heavy atom. The zero-order valence-electron chi connectivity index (χ0n) is 20.4. The number of aromatic nitrogens is 2. The second-order valence-electron chi connectivity index (χ2n) is 8.47. The highest BCUT2D eigenvalue weighted by atomic mass is 32.1. The van der Waals surface area contributed by atoms with Crippen LogP contribution in [0.25, 0.3) is 11.3 Å². The van der Waals surface area contributed by atoms with E-state index < -0.39 is 16.9 Å². The van der Waals surface area contributed by atoms with E-state index in [1.165, 1.54) is 23.5 Å². The van der Waals surface area contributed by atoms with Crippen molar-refractivity contribution < 1.29 is 23.8 Å². The fourth-order valence-electron chi connectivity index (χ4n) is 3.93. The Labute approximate surface area is 216 Å². The largest absolute Gasteiger partial charge is 0.447 e. The van der Waals surface area contributed by atoms with E-state index in [0.29, 0.717) is 23.6 Å². The average Bonchev–Trinajstić information content (AvgIpc) is 3.48. The zero-order chi connectivity index (χ0) is 26.4. The first-order valence-corrected chi connectivity index (χ1v) is 12.5. The van der Waals surface area contributed by atoms with Gasteiger partial charge in [-0.2, -0.15) is 0 Å². The summed E-state index contributed by atoms with van der Waals surface area (Å²) in [6.45, 7) is 8.26. The normalized spacial score (nSPS) is 14.3. The minimum atomic E-state index is -0.781. The number of rotatable bonds is 8. The van der Waals surface area contributed by atoms with Crippen molar-refractivity contribution in [3.63, 3.8) is 0 Å². The molecule has 2 amide bonds. The van der Waals surface area contributed by atoms with Gasteiger partial charge in [0.1, 0.15) is 12.4 Å². The van der Waals surface area contributed by atoms with Gasteiger partial charge in [0, 0.05) is 56.8 Å². The number of amides is 2. The molecule has 37 heavy (non-hydrogen) atoms. The first-order chi connectivity index (χ1) is 17.8. The van der Waals surface area contributed by atoms with Gasteiger partial charge in [0.2, 0.25) is 0 Å². The van der Waals surface area contributed by atoms with Crippen molar-refractivity contribution in [2.75, 3.05) is 39.3 Å². The Balaban J connectivity index is 1.14. The van der Waals surface area contributed by atoms with Gasteiger partial charge in [-0.3, -0.25) is 30.1 Å². The lowest BCUT2D eigenvalue weighted by atomic mass is 10.1. The van der Waals surface area contributed by atoms with E-state index in [2.05, 4.69) is 30.8 Å². The Morgan fingerprint density at radius 3 is 2.49 bits per heavy atom. The van der Waals surface area contributed by atoms with Crippen molar-refractivity contribution in [3.8, 4) is 11.3 Å². The summed E-state index contributed by atoms with van der Waals surface area (Å²) in [6, 6.07) is 6.59. The third kappa shape index (κ3) is 6.87. The molecule has 0 spiro atoms. The summed E-state index contributed by atoms with van der Waals surface area (Å²) in [4.78, 5) is 43.8. The number of non-ortho nitro benzene ring substituents is 1. The summed E-state index contributed by atoms with van der Waals surface area (Å²) >= 11 is 1.44. The molecule has 0 bridgehead atoms. The van der Waals surface area contributed by atoms with E-state index in [1.54, 1.807) is 19.1 Å². The fourth-order valence-corrected chi connectivity index (χ4v) is 4.53. The van der Waals surface area contributed by atoms with Crippen molar-refractivity contribution in [1.29, 1.82) is 0 Å². The standard InChI is InChI=1S/C23H27N7O6S/c1-15-20(19-14-37-16(2)24-19)21(27-36-15)22(31)25-26-23(32)35-12-11-28-7-9-29(10-8-28)13-17-3-5-18(6-4-17)30(33)34/h3-6,14H,7-13H2,1-2H3,(H,25,31)(H,26,32). The predicted molar refractivity (Wildman–Crippen MR) is 134 cm³/mol. The van der Waals surface area contributed by atoms with Crippen LogP contribution in [-0.2, 0) is 11.3 Å². The molecule has 1 aliphatic rings. The summed E-state index contributed by atoms with van der Waals surface area (Å²) in [6.07, 6.45) is -0.781. The third-order valence-electron chi connectivity index (χ3n) is 5.89. The molecular formula is C23H27N7O6S. The van der Waals surface area contributed by atoms with Gasteiger partial charge >= 0.3 is 6.09 Å². The van der Waals surface area contributed by atoms with Crippen LogP contribution in [0.1, 0.15) is 26.8 Å². The first-order valence-electron chi connectivity index (χ1n) is 11.6. The molecule has 2 aromatic heterocycles. The highest BCUT2D eigenvalue weighted by molar-refractivity contribution is 7.09. The van der Waals surface area contributed by atoms with Crippen LogP contribution < -0.4 is 10.9 Å². The van der Waals surface area contributed by atoms with Gasteiger partial charge in [-0.25, -0.2) is 15.2 Å². The second-order valence-corrected chi connectivity index (χ2v) is 9.53. The molecular weight excluding hydrogens is 502 g/mol. The van der Waals surface area contributed by atoms with E-state index in [9.17, 15) is 19.7 Å². The van der Waals surface area contributed by atoms with E-state index in [4.69, 9.17) is 9.26 Å². The van der Waals surface area contributed by atoms with Gasteiger partial charge in [0.25, 0.3) is 11.6 Å². The Kier molecular flexibility index (Phi) is 8.43. The summed E-state index contributed by atoms with van der Waals surface area (Å²) < 4.78 is 10.3. The number of carbonyl (C=O) groups is 2. The molecule has 1 saturated heterocycles. The lowest BCUT2D eigenvalue weighted by molar-refractivity contribution is -0.384. The van der Waals surface area contributed by atoms with Crippen molar-refractivity contribution in [2.45, 2.75) is 20.4 Å². The lowest BCUT2D eigenvalue weighted by Gasteiger charge is -2.34. The van der Waals surface area contributed by atoms with Gasteiger partial charge < -0.3 is 9.26 Å². The van der Waals surface area contributed by atoms with E-state index in [1.807, 2.05) is 12.3 Å². The molecule has 0 radical (unpaired) electrons. The highest BCUT2D eigenvalue weighted by Gasteiger charge is 2.23. The number of aryl methyl sites for hydroxylation is 2. The molecule has 0 saturated carbocycles. The van der Waals surface area contributed by atoms with E-state index >= 15 is 0 Å². The molecule has 14 heteroatoms. The maximum Gasteiger partial charge on any atom is 0.426 e. The number of nitrogens with zero attached hydrogens (tertiary/aromatic N) is 5. The molecule has 1 aromatic carbocycles. The third-order valence-corrected chi connectivity index (χ3v) is 6.66. The monoisotopic (exact) mass is 529 g/mol.